The Morgan fingerprint density at radius 2 is 1.83 bits per heavy atom. The number of rotatable bonds is 2. The molecule has 0 fully saturated rings. The molecule has 2 heterocycles. The Labute approximate surface area is 153 Å². The van der Waals surface area contributed by atoms with Crippen LogP contribution in [0.1, 0.15) is 44.9 Å². The molecule has 0 atom stereocenters. The van der Waals surface area contributed by atoms with Crippen LogP contribution in [0, 0.1) is 6.92 Å². The summed E-state index contributed by atoms with van der Waals surface area (Å²) in [6.07, 6.45) is 4.48. The van der Waals surface area contributed by atoms with E-state index in [1.165, 1.54) is 35.3 Å². The van der Waals surface area contributed by atoms with E-state index in [0.717, 1.165) is 33.2 Å². The zero-order chi connectivity index (χ0) is 16.8. The van der Waals surface area contributed by atoms with E-state index >= 15 is 0 Å². The van der Waals surface area contributed by atoms with Gasteiger partial charge in [0.2, 0.25) is 5.78 Å². The van der Waals surface area contributed by atoms with Crippen LogP contribution in [0.2, 0.25) is 0 Å². The average Bonchev–Trinajstić information content (AvgIpc) is 2.92. The van der Waals surface area contributed by atoms with Crippen molar-refractivity contribution in [2.24, 2.45) is 0 Å². The number of anilines is 1. The number of halogens is 1. The first-order chi connectivity index (χ1) is 11.6. The number of hydrogen-bond acceptors (Lipinski definition) is 4. The molecule has 4 rings (SSSR count). The Hall–Kier alpha value is -1.72. The van der Waals surface area contributed by atoms with E-state index in [9.17, 15) is 4.79 Å². The van der Waals surface area contributed by atoms with Crippen molar-refractivity contribution >= 4 is 49.0 Å². The van der Waals surface area contributed by atoms with Gasteiger partial charge in [0.15, 0.2) is 0 Å². The van der Waals surface area contributed by atoms with Gasteiger partial charge in [0.25, 0.3) is 0 Å². The van der Waals surface area contributed by atoms with Crippen LogP contribution in [0.15, 0.2) is 28.7 Å². The monoisotopic (exact) mass is 400 g/mol. The highest BCUT2D eigenvalue weighted by molar-refractivity contribution is 9.10. The molecule has 0 radical (unpaired) electrons. The number of ketones is 1. The van der Waals surface area contributed by atoms with Crippen molar-refractivity contribution < 1.29 is 4.79 Å². The molecule has 0 spiro atoms. The number of nitrogens with zero attached hydrogens (tertiary/aromatic N) is 1. The Bertz CT molecular complexity index is 960. The predicted molar refractivity (Wildman–Crippen MR) is 103 cm³/mol. The first-order valence-corrected chi connectivity index (χ1v) is 9.68. The van der Waals surface area contributed by atoms with Gasteiger partial charge in [0.1, 0.15) is 9.71 Å². The molecule has 24 heavy (non-hydrogen) atoms. The standard InChI is InChI=1S/C19H17BrN2OS/c1-10-13-4-2-3-5-14(13)15-16(21)18(24-19(15)22-10)17(23)11-6-8-12(20)9-7-11/h6-9H,2-5,21H2,1H3. The molecule has 0 saturated carbocycles. The van der Waals surface area contributed by atoms with Crippen molar-refractivity contribution in [1.29, 1.82) is 0 Å². The lowest BCUT2D eigenvalue weighted by atomic mass is 9.89. The first kappa shape index (κ1) is 15.8. The van der Waals surface area contributed by atoms with Gasteiger partial charge in [-0.05, 0) is 68.0 Å². The molecule has 1 aliphatic rings. The summed E-state index contributed by atoms with van der Waals surface area (Å²) in [5.41, 5.74) is 11.4. The molecular formula is C19H17BrN2OS. The first-order valence-electron chi connectivity index (χ1n) is 8.07. The number of hydrogen-bond donors (Lipinski definition) is 1. The number of aromatic nitrogens is 1. The summed E-state index contributed by atoms with van der Waals surface area (Å²) in [5, 5.41) is 1.01. The van der Waals surface area contributed by atoms with Gasteiger partial charge in [0.05, 0.1) is 5.69 Å². The second kappa shape index (κ2) is 5.97. The zero-order valence-corrected chi connectivity index (χ0v) is 15.8. The summed E-state index contributed by atoms with van der Waals surface area (Å²) in [6.45, 7) is 2.07. The van der Waals surface area contributed by atoms with Crippen LogP contribution >= 0.6 is 27.3 Å². The second-order valence-electron chi connectivity index (χ2n) is 6.22. The van der Waals surface area contributed by atoms with Crippen molar-refractivity contribution in [1.82, 2.24) is 4.98 Å². The fourth-order valence-corrected chi connectivity index (χ4v) is 4.90. The Balaban J connectivity index is 1.90. The lowest BCUT2D eigenvalue weighted by Gasteiger charge is -2.18. The Morgan fingerprint density at radius 3 is 2.54 bits per heavy atom. The highest BCUT2D eigenvalue weighted by atomic mass is 79.9. The van der Waals surface area contributed by atoms with Crippen molar-refractivity contribution in [3.63, 3.8) is 0 Å². The van der Waals surface area contributed by atoms with E-state index in [-0.39, 0.29) is 5.78 Å². The van der Waals surface area contributed by atoms with Crippen LogP contribution in [0.3, 0.4) is 0 Å². The summed E-state index contributed by atoms with van der Waals surface area (Å²) >= 11 is 4.82. The van der Waals surface area contributed by atoms with Gasteiger partial charge in [-0.15, -0.1) is 11.3 Å². The number of nitrogen functional groups attached to an aromatic ring is 1. The number of carbonyl (C=O) groups excluding carboxylic acids is 1. The fourth-order valence-electron chi connectivity index (χ4n) is 3.50. The third-order valence-electron chi connectivity index (χ3n) is 4.71. The quantitative estimate of drug-likeness (QED) is 0.611. The second-order valence-corrected chi connectivity index (χ2v) is 8.14. The molecule has 1 aromatic carbocycles. The van der Waals surface area contributed by atoms with Gasteiger partial charge in [-0.25, -0.2) is 4.98 Å². The maximum atomic E-state index is 12.9. The average molecular weight is 401 g/mol. The number of nitrogens with two attached hydrogens (primary N) is 1. The number of pyridine rings is 1. The maximum Gasteiger partial charge on any atom is 0.205 e. The van der Waals surface area contributed by atoms with Crippen molar-refractivity contribution in [2.75, 3.05) is 5.73 Å². The molecule has 0 saturated heterocycles. The summed E-state index contributed by atoms with van der Waals surface area (Å²) in [6, 6.07) is 7.40. The topological polar surface area (TPSA) is 56.0 Å². The van der Waals surface area contributed by atoms with E-state index < -0.39 is 0 Å². The highest BCUT2D eigenvalue weighted by Gasteiger charge is 2.24. The SMILES string of the molecule is Cc1nc2sc(C(=O)c3ccc(Br)cc3)c(N)c2c2c1CCCC2. The van der Waals surface area contributed by atoms with Crippen LogP contribution in [-0.2, 0) is 12.8 Å². The highest BCUT2D eigenvalue weighted by Crippen LogP contribution is 2.40. The normalized spacial score (nSPS) is 13.9. The van der Waals surface area contributed by atoms with Crippen molar-refractivity contribution in [3.05, 3.63) is 56.0 Å². The molecule has 5 heteroatoms. The molecule has 1 aliphatic carbocycles. The smallest absolute Gasteiger partial charge is 0.205 e. The fraction of sp³-hybridized carbons (Fsp3) is 0.263. The van der Waals surface area contributed by atoms with Crippen LogP contribution in [0.5, 0.6) is 0 Å². The van der Waals surface area contributed by atoms with E-state index in [1.807, 2.05) is 24.3 Å². The van der Waals surface area contributed by atoms with E-state index in [2.05, 4.69) is 22.9 Å². The van der Waals surface area contributed by atoms with E-state index in [0.29, 0.717) is 16.1 Å². The minimum atomic E-state index is -0.0230. The number of benzene rings is 1. The van der Waals surface area contributed by atoms with Gasteiger partial charge in [-0.2, -0.15) is 0 Å². The van der Waals surface area contributed by atoms with E-state index in [4.69, 9.17) is 10.7 Å². The van der Waals surface area contributed by atoms with Crippen LogP contribution in [-0.4, -0.2) is 10.8 Å². The lowest BCUT2D eigenvalue weighted by molar-refractivity contribution is 0.104. The van der Waals surface area contributed by atoms with Crippen LogP contribution < -0.4 is 5.73 Å². The van der Waals surface area contributed by atoms with Crippen molar-refractivity contribution in [2.45, 2.75) is 32.6 Å². The molecule has 0 bridgehead atoms. The molecular weight excluding hydrogens is 384 g/mol. The zero-order valence-electron chi connectivity index (χ0n) is 13.4. The van der Waals surface area contributed by atoms with Gasteiger partial charge in [0, 0.05) is 21.1 Å². The van der Waals surface area contributed by atoms with Crippen LogP contribution in [0.25, 0.3) is 10.2 Å². The third-order valence-corrected chi connectivity index (χ3v) is 6.34. The molecule has 3 nitrogen and oxygen atoms in total. The summed E-state index contributed by atoms with van der Waals surface area (Å²) in [4.78, 5) is 19.1. The van der Waals surface area contributed by atoms with Gasteiger partial charge < -0.3 is 5.73 Å². The van der Waals surface area contributed by atoms with Gasteiger partial charge >= 0.3 is 0 Å². The number of thiophene rings is 1. The Kier molecular flexibility index (Phi) is 3.93. The molecule has 2 aromatic heterocycles. The largest absolute Gasteiger partial charge is 0.397 e. The third kappa shape index (κ3) is 2.47. The molecule has 122 valence electrons. The summed E-state index contributed by atoms with van der Waals surface area (Å²) in [5.74, 6) is -0.0230. The molecule has 0 amide bonds. The number of aryl methyl sites for hydroxylation is 2. The van der Waals surface area contributed by atoms with E-state index in [1.54, 1.807) is 0 Å². The minimum absolute atomic E-state index is 0.0230. The van der Waals surface area contributed by atoms with Crippen LogP contribution in [0.4, 0.5) is 5.69 Å². The summed E-state index contributed by atoms with van der Waals surface area (Å²) in [7, 11) is 0. The number of carbonyl (C=O) groups is 1. The molecule has 0 aliphatic heterocycles. The van der Waals surface area contributed by atoms with Crippen molar-refractivity contribution in [3.8, 4) is 0 Å². The van der Waals surface area contributed by atoms with Gasteiger partial charge in [-0.3, -0.25) is 4.79 Å². The Morgan fingerprint density at radius 1 is 1.17 bits per heavy atom. The van der Waals surface area contributed by atoms with Gasteiger partial charge in [-0.1, -0.05) is 15.9 Å². The molecule has 0 unspecified atom stereocenters. The number of fused-ring (bicyclic) bond motifs is 3. The molecule has 3 aromatic rings. The maximum absolute atomic E-state index is 12.9. The lowest BCUT2D eigenvalue weighted by Crippen LogP contribution is -2.08. The predicted octanol–water partition coefficient (Wildman–Crippen LogP) is 5.06. The minimum Gasteiger partial charge on any atom is -0.397 e. The summed E-state index contributed by atoms with van der Waals surface area (Å²) < 4.78 is 0.953. The molecule has 2 N–H and O–H groups in total.